The lowest BCUT2D eigenvalue weighted by Crippen LogP contribution is -2.28. The molecule has 1 rings (SSSR count). The summed E-state index contributed by atoms with van der Waals surface area (Å²) in [4.78, 5) is 4.56. The summed E-state index contributed by atoms with van der Waals surface area (Å²) in [6.45, 7) is 7.84. The lowest BCUT2D eigenvalue weighted by molar-refractivity contribution is 0.151. The molecule has 0 spiro atoms. The van der Waals surface area contributed by atoms with Crippen molar-refractivity contribution in [3.05, 3.63) is 16.1 Å². The van der Waals surface area contributed by atoms with E-state index in [4.69, 9.17) is 10.5 Å². The van der Waals surface area contributed by atoms with Crippen molar-refractivity contribution in [2.75, 3.05) is 13.2 Å². The fourth-order valence-corrected chi connectivity index (χ4v) is 2.13. The maximum absolute atomic E-state index is 6.02. The Kier molecular flexibility index (Phi) is 5.95. The molecule has 1 aromatic heterocycles. The van der Waals surface area contributed by atoms with E-state index in [0.717, 1.165) is 36.8 Å². The quantitative estimate of drug-likeness (QED) is 0.746. The zero-order valence-corrected chi connectivity index (χ0v) is 11.2. The Balaban J connectivity index is 2.39. The van der Waals surface area contributed by atoms with Gasteiger partial charge in [0.05, 0.1) is 17.3 Å². The molecule has 0 aromatic carbocycles. The van der Waals surface area contributed by atoms with Gasteiger partial charge in [0.1, 0.15) is 0 Å². The summed E-state index contributed by atoms with van der Waals surface area (Å²) in [6, 6.07) is 0.210. The summed E-state index contributed by atoms with van der Waals surface area (Å²) in [5.41, 5.74) is 7.14. The number of thiazole rings is 1. The van der Waals surface area contributed by atoms with E-state index in [1.165, 1.54) is 0 Å². The molecule has 4 heteroatoms. The number of ether oxygens (including phenoxy) is 1. The number of nitrogens with two attached hydrogens (primary N) is 1. The monoisotopic (exact) mass is 242 g/mol. The highest BCUT2D eigenvalue weighted by Gasteiger charge is 2.10. The minimum atomic E-state index is 0.210. The zero-order valence-electron chi connectivity index (χ0n) is 10.4. The molecule has 0 bridgehead atoms. The zero-order chi connectivity index (χ0) is 12.0. The number of hydrogen-bond acceptors (Lipinski definition) is 4. The smallest absolute Gasteiger partial charge is 0.0951 e. The van der Waals surface area contributed by atoms with E-state index in [1.807, 2.05) is 6.92 Å². The maximum atomic E-state index is 6.02. The summed E-state index contributed by atoms with van der Waals surface area (Å²) in [7, 11) is 0. The van der Waals surface area contributed by atoms with Crippen LogP contribution in [-0.2, 0) is 17.6 Å². The highest BCUT2D eigenvalue weighted by atomic mass is 32.1. The molecule has 16 heavy (non-hydrogen) atoms. The fourth-order valence-electron chi connectivity index (χ4n) is 1.34. The summed E-state index contributed by atoms with van der Waals surface area (Å²) in [5.74, 6) is 0.508. The first-order valence-electron chi connectivity index (χ1n) is 5.90. The Bertz CT molecular complexity index is 299. The molecular formula is C12H22N2OS. The van der Waals surface area contributed by atoms with Crippen LogP contribution in [0.1, 0.15) is 31.5 Å². The van der Waals surface area contributed by atoms with Crippen molar-refractivity contribution in [2.24, 2.45) is 11.7 Å². The Morgan fingerprint density at radius 1 is 1.50 bits per heavy atom. The molecule has 0 saturated carbocycles. The normalized spacial score (nSPS) is 13.3. The molecule has 0 aliphatic heterocycles. The van der Waals surface area contributed by atoms with Crippen molar-refractivity contribution >= 4 is 11.3 Å². The molecule has 1 unspecified atom stereocenters. The molecule has 2 N–H and O–H groups in total. The highest BCUT2D eigenvalue weighted by Crippen LogP contribution is 2.13. The van der Waals surface area contributed by atoms with Crippen LogP contribution in [0.5, 0.6) is 0 Å². The van der Waals surface area contributed by atoms with Gasteiger partial charge < -0.3 is 10.5 Å². The summed E-state index contributed by atoms with van der Waals surface area (Å²) < 4.78 is 5.31. The molecule has 0 aliphatic rings. The molecule has 0 aliphatic carbocycles. The first-order chi connectivity index (χ1) is 7.63. The van der Waals surface area contributed by atoms with Crippen molar-refractivity contribution < 1.29 is 4.74 Å². The lowest BCUT2D eigenvalue weighted by atomic mass is 10.0. The number of nitrogens with zero attached hydrogens (tertiary/aromatic N) is 1. The Hall–Kier alpha value is -0.450. The van der Waals surface area contributed by atoms with Crippen LogP contribution in [0.3, 0.4) is 0 Å². The molecule has 0 radical (unpaired) electrons. The van der Waals surface area contributed by atoms with Crippen LogP contribution >= 0.6 is 11.3 Å². The van der Waals surface area contributed by atoms with Gasteiger partial charge in [-0.05, 0) is 12.8 Å². The minimum Gasteiger partial charge on any atom is -0.381 e. The van der Waals surface area contributed by atoms with Crippen molar-refractivity contribution in [1.82, 2.24) is 4.98 Å². The van der Waals surface area contributed by atoms with Crippen LogP contribution in [0.4, 0.5) is 0 Å². The average Bonchev–Trinajstić information content (AvgIpc) is 2.66. The third-order valence-corrected chi connectivity index (χ3v) is 3.52. The first kappa shape index (κ1) is 13.6. The predicted molar refractivity (Wildman–Crippen MR) is 68.8 cm³/mol. The van der Waals surface area contributed by atoms with Crippen molar-refractivity contribution in [1.29, 1.82) is 0 Å². The number of rotatable bonds is 7. The predicted octanol–water partition coefficient (Wildman–Crippen LogP) is 2.25. The van der Waals surface area contributed by atoms with Gasteiger partial charge in [-0.3, -0.25) is 0 Å². The van der Waals surface area contributed by atoms with Crippen LogP contribution in [-0.4, -0.2) is 24.2 Å². The van der Waals surface area contributed by atoms with Crippen LogP contribution in [0, 0.1) is 5.92 Å². The third kappa shape index (κ3) is 4.60. The molecule has 3 nitrogen and oxygen atoms in total. The Labute approximate surface area is 102 Å². The summed E-state index contributed by atoms with van der Waals surface area (Å²) in [5, 5.41) is 3.27. The topological polar surface area (TPSA) is 48.1 Å². The molecule has 1 atom stereocenters. The molecular weight excluding hydrogens is 220 g/mol. The SMILES string of the molecule is CCOCCc1nc(CC(N)C(C)C)cs1. The molecule has 1 heterocycles. The average molecular weight is 242 g/mol. The second-order valence-electron chi connectivity index (χ2n) is 4.29. The van der Waals surface area contributed by atoms with E-state index >= 15 is 0 Å². The van der Waals surface area contributed by atoms with Gasteiger partial charge in [-0.1, -0.05) is 13.8 Å². The van der Waals surface area contributed by atoms with E-state index in [9.17, 15) is 0 Å². The van der Waals surface area contributed by atoms with Gasteiger partial charge in [0.25, 0.3) is 0 Å². The first-order valence-corrected chi connectivity index (χ1v) is 6.78. The van der Waals surface area contributed by atoms with E-state index in [-0.39, 0.29) is 6.04 Å². The van der Waals surface area contributed by atoms with E-state index in [0.29, 0.717) is 5.92 Å². The van der Waals surface area contributed by atoms with Gasteiger partial charge in [-0.2, -0.15) is 0 Å². The van der Waals surface area contributed by atoms with Gasteiger partial charge in [0, 0.05) is 30.9 Å². The van der Waals surface area contributed by atoms with E-state index in [2.05, 4.69) is 24.2 Å². The van der Waals surface area contributed by atoms with Gasteiger partial charge >= 0.3 is 0 Å². The molecule has 0 fully saturated rings. The highest BCUT2D eigenvalue weighted by molar-refractivity contribution is 7.09. The third-order valence-electron chi connectivity index (χ3n) is 2.56. The van der Waals surface area contributed by atoms with Crippen LogP contribution in [0.25, 0.3) is 0 Å². The molecule has 92 valence electrons. The van der Waals surface area contributed by atoms with Gasteiger partial charge in [0.15, 0.2) is 0 Å². The van der Waals surface area contributed by atoms with Crippen molar-refractivity contribution in [3.8, 4) is 0 Å². The minimum absolute atomic E-state index is 0.210. The fraction of sp³-hybridized carbons (Fsp3) is 0.750. The second kappa shape index (κ2) is 6.99. The van der Waals surface area contributed by atoms with E-state index < -0.39 is 0 Å². The largest absolute Gasteiger partial charge is 0.381 e. The lowest BCUT2D eigenvalue weighted by Gasteiger charge is -2.13. The van der Waals surface area contributed by atoms with Gasteiger partial charge in [0.2, 0.25) is 0 Å². The van der Waals surface area contributed by atoms with E-state index in [1.54, 1.807) is 11.3 Å². The van der Waals surface area contributed by atoms with Gasteiger partial charge in [-0.25, -0.2) is 4.98 Å². The second-order valence-corrected chi connectivity index (χ2v) is 5.23. The van der Waals surface area contributed by atoms with Crippen LogP contribution < -0.4 is 5.73 Å². The van der Waals surface area contributed by atoms with Gasteiger partial charge in [-0.15, -0.1) is 11.3 Å². The number of aromatic nitrogens is 1. The standard InChI is InChI=1S/C12H22N2OS/c1-4-15-6-5-12-14-10(8-16-12)7-11(13)9(2)3/h8-9,11H,4-7,13H2,1-3H3. The number of hydrogen-bond donors (Lipinski definition) is 1. The van der Waals surface area contributed by atoms with Crippen molar-refractivity contribution in [2.45, 2.75) is 39.7 Å². The molecule has 0 saturated heterocycles. The Morgan fingerprint density at radius 2 is 2.25 bits per heavy atom. The Morgan fingerprint density at radius 3 is 2.88 bits per heavy atom. The maximum Gasteiger partial charge on any atom is 0.0951 e. The van der Waals surface area contributed by atoms with Crippen LogP contribution in [0.2, 0.25) is 0 Å². The summed E-state index contributed by atoms with van der Waals surface area (Å²) in [6.07, 6.45) is 1.79. The molecule has 1 aromatic rings. The van der Waals surface area contributed by atoms with Crippen LogP contribution in [0.15, 0.2) is 5.38 Å². The molecule has 0 amide bonds. The summed E-state index contributed by atoms with van der Waals surface area (Å²) >= 11 is 1.71. The van der Waals surface area contributed by atoms with Crippen molar-refractivity contribution in [3.63, 3.8) is 0 Å².